The van der Waals surface area contributed by atoms with E-state index in [9.17, 15) is 0 Å². The van der Waals surface area contributed by atoms with Crippen LogP contribution in [-0.2, 0) is 4.74 Å². The van der Waals surface area contributed by atoms with E-state index in [0.717, 1.165) is 28.1 Å². The molecule has 35 heavy (non-hydrogen) atoms. The molecular formula is C25H28N4O5S. The Hall–Kier alpha value is -3.63. The summed E-state index contributed by atoms with van der Waals surface area (Å²) >= 11 is 5.69. The lowest BCUT2D eigenvalue weighted by Gasteiger charge is -2.37. The topological polar surface area (TPSA) is 91.1 Å². The fourth-order valence-electron chi connectivity index (χ4n) is 3.98. The molecule has 0 saturated heterocycles. The van der Waals surface area contributed by atoms with Gasteiger partial charge in [0.25, 0.3) is 5.89 Å². The fourth-order valence-corrected chi connectivity index (χ4v) is 4.33. The standard InChI is InChI=1S/C25H28N4O5S/c1-15-21(24-27-23(28-34-24)17-8-11-19(32-4)20(14-17)33-5)22(16-6-9-18(31-3)10-7-16)26-25(35)29(15)12-13-30-2/h6-11,14,22H,12-13H2,1-5H3,(H,26,35). The average molecular weight is 497 g/mol. The van der Waals surface area contributed by atoms with Gasteiger partial charge < -0.3 is 33.7 Å². The number of allylic oxidation sites excluding steroid dienone is 1. The molecule has 0 radical (unpaired) electrons. The van der Waals surface area contributed by atoms with Crippen LogP contribution in [-0.4, -0.2) is 61.7 Å². The minimum absolute atomic E-state index is 0.286. The van der Waals surface area contributed by atoms with Gasteiger partial charge in [-0.2, -0.15) is 4.98 Å². The molecule has 0 bridgehead atoms. The van der Waals surface area contributed by atoms with Crippen LogP contribution in [0, 0.1) is 0 Å². The second-order valence-electron chi connectivity index (χ2n) is 7.79. The maximum atomic E-state index is 5.79. The van der Waals surface area contributed by atoms with Crippen molar-refractivity contribution in [3.05, 3.63) is 59.6 Å². The Morgan fingerprint density at radius 1 is 1.00 bits per heavy atom. The lowest BCUT2D eigenvalue weighted by atomic mass is 9.94. The molecule has 184 valence electrons. The van der Waals surface area contributed by atoms with Crippen LogP contribution < -0.4 is 19.5 Å². The van der Waals surface area contributed by atoms with E-state index in [4.69, 9.17) is 40.7 Å². The normalized spacial score (nSPS) is 15.7. The number of aromatic nitrogens is 2. The molecule has 0 spiro atoms. The number of methoxy groups -OCH3 is 4. The van der Waals surface area contributed by atoms with Crippen LogP contribution in [0.3, 0.4) is 0 Å². The van der Waals surface area contributed by atoms with Crippen molar-refractivity contribution in [2.45, 2.75) is 13.0 Å². The molecule has 1 aromatic heterocycles. The smallest absolute Gasteiger partial charge is 0.258 e. The van der Waals surface area contributed by atoms with Gasteiger partial charge in [-0.3, -0.25) is 0 Å². The summed E-state index contributed by atoms with van der Waals surface area (Å²) in [5.41, 5.74) is 3.47. The van der Waals surface area contributed by atoms with E-state index in [2.05, 4.69) is 10.5 Å². The van der Waals surface area contributed by atoms with E-state index < -0.39 is 0 Å². The van der Waals surface area contributed by atoms with Gasteiger partial charge in [-0.1, -0.05) is 17.3 Å². The number of hydrogen-bond donors (Lipinski definition) is 1. The Balaban J connectivity index is 1.77. The molecule has 1 unspecified atom stereocenters. The Morgan fingerprint density at radius 2 is 1.74 bits per heavy atom. The van der Waals surface area contributed by atoms with Crippen LogP contribution in [0.4, 0.5) is 0 Å². The lowest BCUT2D eigenvalue weighted by Crippen LogP contribution is -2.47. The van der Waals surface area contributed by atoms with Crippen LogP contribution in [0.25, 0.3) is 17.0 Å². The van der Waals surface area contributed by atoms with Gasteiger partial charge >= 0.3 is 0 Å². The third-order valence-electron chi connectivity index (χ3n) is 5.86. The quantitative estimate of drug-likeness (QED) is 0.437. The number of nitrogens with zero attached hydrogens (tertiary/aromatic N) is 3. The monoisotopic (exact) mass is 496 g/mol. The van der Waals surface area contributed by atoms with Gasteiger partial charge in [0.05, 0.1) is 39.6 Å². The SMILES string of the molecule is COCCN1C(=S)NC(c2ccc(OC)cc2)C(c2nc(-c3ccc(OC)c(OC)c3)no2)=C1C. The van der Waals surface area contributed by atoms with Crippen molar-refractivity contribution in [1.82, 2.24) is 20.4 Å². The minimum Gasteiger partial charge on any atom is -0.497 e. The van der Waals surface area contributed by atoms with E-state index in [-0.39, 0.29) is 6.04 Å². The largest absolute Gasteiger partial charge is 0.497 e. The van der Waals surface area contributed by atoms with E-state index >= 15 is 0 Å². The molecule has 3 aromatic rings. The third-order valence-corrected chi connectivity index (χ3v) is 6.20. The van der Waals surface area contributed by atoms with Gasteiger partial charge in [0, 0.05) is 24.9 Å². The van der Waals surface area contributed by atoms with Crippen molar-refractivity contribution in [1.29, 1.82) is 0 Å². The Kier molecular flexibility index (Phi) is 7.52. The van der Waals surface area contributed by atoms with Crippen LogP contribution >= 0.6 is 12.2 Å². The number of ether oxygens (including phenoxy) is 4. The summed E-state index contributed by atoms with van der Waals surface area (Å²) in [5, 5.41) is 8.28. The van der Waals surface area contributed by atoms with Crippen LogP contribution in [0.1, 0.15) is 24.4 Å². The zero-order valence-corrected chi connectivity index (χ0v) is 21.1. The molecule has 0 fully saturated rings. The summed E-state index contributed by atoms with van der Waals surface area (Å²) < 4.78 is 27.1. The Bertz CT molecular complexity index is 1220. The maximum Gasteiger partial charge on any atom is 0.258 e. The van der Waals surface area contributed by atoms with Crippen molar-refractivity contribution in [2.24, 2.45) is 0 Å². The van der Waals surface area contributed by atoms with Gasteiger partial charge in [-0.25, -0.2) is 0 Å². The number of thiocarbonyl (C=S) groups is 1. The molecule has 0 saturated carbocycles. The molecule has 1 atom stereocenters. The summed E-state index contributed by atoms with van der Waals surface area (Å²) in [6, 6.07) is 13.0. The highest BCUT2D eigenvalue weighted by Gasteiger charge is 2.34. The molecule has 0 amide bonds. The highest BCUT2D eigenvalue weighted by Crippen LogP contribution is 2.38. The molecule has 10 heteroatoms. The average Bonchev–Trinajstić information content (AvgIpc) is 3.37. The fraction of sp³-hybridized carbons (Fsp3) is 0.320. The first-order valence-corrected chi connectivity index (χ1v) is 11.4. The molecule has 1 aliphatic rings. The highest BCUT2D eigenvalue weighted by atomic mass is 32.1. The second kappa shape index (κ2) is 10.7. The minimum atomic E-state index is -0.286. The summed E-state index contributed by atoms with van der Waals surface area (Å²) in [4.78, 5) is 6.72. The molecule has 9 nitrogen and oxygen atoms in total. The predicted molar refractivity (Wildman–Crippen MR) is 135 cm³/mol. The van der Waals surface area contributed by atoms with Crippen LogP contribution in [0.5, 0.6) is 17.2 Å². The van der Waals surface area contributed by atoms with Crippen molar-refractivity contribution in [3.63, 3.8) is 0 Å². The van der Waals surface area contributed by atoms with E-state index in [0.29, 0.717) is 41.5 Å². The van der Waals surface area contributed by atoms with Gasteiger partial charge in [0.2, 0.25) is 5.82 Å². The zero-order valence-electron chi connectivity index (χ0n) is 20.3. The molecule has 0 aliphatic carbocycles. The van der Waals surface area contributed by atoms with Crippen molar-refractivity contribution >= 4 is 22.9 Å². The molecule has 1 N–H and O–H groups in total. The molecule has 1 aliphatic heterocycles. The van der Waals surface area contributed by atoms with E-state index in [1.54, 1.807) is 28.4 Å². The van der Waals surface area contributed by atoms with Crippen LogP contribution in [0.2, 0.25) is 0 Å². The first-order chi connectivity index (χ1) is 17.0. The number of benzene rings is 2. The van der Waals surface area contributed by atoms with Gasteiger partial charge in [0.15, 0.2) is 16.6 Å². The van der Waals surface area contributed by atoms with Crippen molar-refractivity contribution in [3.8, 4) is 28.6 Å². The second-order valence-corrected chi connectivity index (χ2v) is 8.18. The number of nitrogens with one attached hydrogen (secondary N) is 1. The summed E-state index contributed by atoms with van der Waals surface area (Å²) in [5.74, 6) is 2.80. The predicted octanol–water partition coefficient (Wildman–Crippen LogP) is 4.07. The first-order valence-electron chi connectivity index (χ1n) is 11.0. The molecular weight excluding hydrogens is 468 g/mol. The first kappa shape index (κ1) is 24.5. The van der Waals surface area contributed by atoms with Crippen LogP contribution in [0.15, 0.2) is 52.7 Å². The Labute approximate surface area is 209 Å². The van der Waals surface area contributed by atoms with Gasteiger partial charge in [-0.15, -0.1) is 0 Å². The maximum absolute atomic E-state index is 5.79. The zero-order chi connectivity index (χ0) is 24.9. The summed E-state index contributed by atoms with van der Waals surface area (Å²) in [6.45, 7) is 3.10. The van der Waals surface area contributed by atoms with Crippen molar-refractivity contribution < 1.29 is 23.5 Å². The number of hydrogen-bond acceptors (Lipinski definition) is 8. The third kappa shape index (κ3) is 4.94. The van der Waals surface area contributed by atoms with E-state index in [1.807, 2.05) is 54.3 Å². The summed E-state index contributed by atoms with van der Waals surface area (Å²) in [7, 11) is 6.48. The van der Waals surface area contributed by atoms with Crippen molar-refractivity contribution in [2.75, 3.05) is 41.6 Å². The van der Waals surface area contributed by atoms with Gasteiger partial charge in [-0.05, 0) is 55.0 Å². The highest BCUT2D eigenvalue weighted by molar-refractivity contribution is 7.80. The number of rotatable bonds is 9. The molecule has 2 heterocycles. The Morgan fingerprint density at radius 3 is 2.40 bits per heavy atom. The van der Waals surface area contributed by atoms with Gasteiger partial charge in [0.1, 0.15) is 5.75 Å². The lowest BCUT2D eigenvalue weighted by molar-refractivity contribution is 0.183. The van der Waals surface area contributed by atoms with E-state index in [1.165, 1.54) is 0 Å². The summed E-state index contributed by atoms with van der Waals surface area (Å²) in [6.07, 6.45) is 0. The molecule has 4 rings (SSSR count). The molecule has 2 aromatic carbocycles.